The zero-order valence-corrected chi connectivity index (χ0v) is 16.2. The molecule has 1 unspecified atom stereocenters. The van der Waals surface area contributed by atoms with Gasteiger partial charge in [0.05, 0.1) is 5.02 Å². The first-order valence-corrected chi connectivity index (χ1v) is 9.26. The zero-order valence-electron chi connectivity index (χ0n) is 14.7. The van der Waals surface area contributed by atoms with Crippen molar-refractivity contribution >= 4 is 41.1 Å². The number of nitrogens with zero attached hydrogens (tertiary/aromatic N) is 2. The summed E-state index contributed by atoms with van der Waals surface area (Å²) in [5, 5.41) is 0.995. The fourth-order valence-corrected chi connectivity index (χ4v) is 3.78. The molecule has 1 aliphatic rings. The second kappa shape index (κ2) is 7.68. The highest BCUT2D eigenvalue weighted by Gasteiger charge is 2.34. The van der Waals surface area contributed by atoms with Crippen LogP contribution in [0.5, 0.6) is 0 Å². The molecule has 2 atom stereocenters. The molecule has 0 N–H and O–H groups in total. The minimum absolute atomic E-state index is 0.0137. The number of hydrogen-bond acceptors (Lipinski definition) is 3. The standard InChI is InChI=1S/C20H20Cl2N2O2/c1-13-14(2)24(9-8-23(13)18-5-3-4-17(21)11-18)20(26)15-6-7-16(12-25)19(22)10-15/h3-7,10-14H,8-9H2,1-2H3/t13?,14-/m0/s1. The van der Waals surface area contributed by atoms with Crippen molar-refractivity contribution in [2.75, 3.05) is 18.0 Å². The molecule has 0 radical (unpaired) electrons. The molecule has 26 heavy (non-hydrogen) atoms. The van der Waals surface area contributed by atoms with Crippen molar-refractivity contribution in [2.45, 2.75) is 25.9 Å². The Morgan fingerprint density at radius 2 is 1.85 bits per heavy atom. The molecule has 1 saturated heterocycles. The summed E-state index contributed by atoms with van der Waals surface area (Å²) in [6, 6.07) is 12.7. The van der Waals surface area contributed by atoms with E-state index < -0.39 is 0 Å². The highest BCUT2D eigenvalue weighted by molar-refractivity contribution is 6.33. The molecule has 6 heteroatoms. The van der Waals surface area contributed by atoms with E-state index in [-0.39, 0.29) is 18.0 Å². The van der Waals surface area contributed by atoms with E-state index in [2.05, 4.69) is 11.8 Å². The van der Waals surface area contributed by atoms with Gasteiger partial charge in [-0.3, -0.25) is 9.59 Å². The third kappa shape index (κ3) is 3.57. The molecule has 4 nitrogen and oxygen atoms in total. The molecule has 0 saturated carbocycles. The van der Waals surface area contributed by atoms with Crippen LogP contribution in [-0.2, 0) is 0 Å². The van der Waals surface area contributed by atoms with Gasteiger partial charge in [0.25, 0.3) is 5.91 Å². The molecular weight excluding hydrogens is 371 g/mol. The summed E-state index contributed by atoms with van der Waals surface area (Å²) in [6.07, 6.45) is 0.686. The minimum Gasteiger partial charge on any atom is -0.365 e. The van der Waals surface area contributed by atoms with Gasteiger partial charge in [0, 0.05) is 47.0 Å². The number of halogens is 2. The highest BCUT2D eigenvalue weighted by atomic mass is 35.5. The van der Waals surface area contributed by atoms with Gasteiger partial charge in [-0.1, -0.05) is 29.3 Å². The summed E-state index contributed by atoms with van der Waals surface area (Å²) in [6.45, 7) is 5.47. The van der Waals surface area contributed by atoms with Crippen LogP contribution in [0.1, 0.15) is 34.6 Å². The van der Waals surface area contributed by atoms with Gasteiger partial charge in [0.2, 0.25) is 0 Å². The third-order valence-corrected chi connectivity index (χ3v) is 5.60. The number of carbonyl (C=O) groups excluding carboxylic acids is 2. The Bertz CT molecular complexity index is 840. The van der Waals surface area contributed by atoms with E-state index in [9.17, 15) is 9.59 Å². The Balaban J connectivity index is 1.80. The number of rotatable bonds is 3. The number of anilines is 1. The summed E-state index contributed by atoms with van der Waals surface area (Å²) in [5.41, 5.74) is 1.94. The number of aldehydes is 1. The van der Waals surface area contributed by atoms with E-state index in [0.717, 1.165) is 12.2 Å². The molecule has 1 fully saturated rings. The fraction of sp³-hybridized carbons (Fsp3) is 0.300. The Morgan fingerprint density at radius 1 is 1.08 bits per heavy atom. The average molecular weight is 391 g/mol. The summed E-state index contributed by atoms with van der Waals surface area (Å²) in [5.74, 6) is -0.0746. The molecule has 0 aliphatic carbocycles. The predicted octanol–water partition coefficient (Wildman–Crippen LogP) is 4.55. The predicted molar refractivity (Wildman–Crippen MR) is 106 cm³/mol. The van der Waals surface area contributed by atoms with Crippen LogP contribution in [0.3, 0.4) is 0 Å². The van der Waals surface area contributed by atoms with Crippen molar-refractivity contribution in [3.63, 3.8) is 0 Å². The number of amides is 1. The SMILES string of the molecule is CC1[C@H](C)N(C(=O)c2ccc(C=O)c(Cl)c2)CCN1c1cccc(Cl)c1. The molecule has 136 valence electrons. The monoisotopic (exact) mass is 390 g/mol. The molecule has 1 amide bonds. The van der Waals surface area contributed by atoms with Crippen molar-refractivity contribution in [3.8, 4) is 0 Å². The maximum Gasteiger partial charge on any atom is 0.254 e. The van der Waals surface area contributed by atoms with E-state index in [1.165, 1.54) is 0 Å². The molecule has 0 bridgehead atoms. The van der Waals surface area contributed by atoms with Crippen LogP contribution >= 0.6 is 23.2 Å². The number of hydrogen-bond donors (Lipinski definition) is 0. The van der Waals surface area contributed by atoms with Gasteiger partial charge in [0.1, 0.15) is 0 Å². The average Bonchev–Trinajstić information content (AvgIpc) is 2.63. The van der Waals surface area contributed by atoms with Gasteiger partial charge in [-0.2, -0.15) is 0 Å². The summed E-state index contributed by atoms with van der Waals surface area (Å²) < 4.78 is 0. The molecule has 2 aromatic carbocycles. The van der Waals surface area contributed by atoms with Crippen molar-refractivity contribution < 1.29 is 9.59 Å². The largest absolute Gasteiger partial charge is 0.365 e. The van der Waals surface area contributed by atoms with Gasteiger partial charge in [-0.05, 0) is 50.2 Å². The second-order valence-corrected chi connectivity index (χ2v) is 7.35. The van der Waals surface area contributed by atoms with Crippen LogP contribution in [0.25, 0.3) is 0 Å². The highest BCUT2D eigenvalue weighted by Crippen LogP contribution is 2.28. The first-order valence-electron chi connectivity index (χ1n) is 8.50. The van der Waals surface area contributed by atoms with E-state index in [0.29, 0.717) is 34.0 Å². The number of benzene rings is 2. The second-order valence-electron chi connectivity index (χ2n) is 6.51. The Hall–Kier alpha value is -2.04. The van der Waals surface area contributed by atoms with Gasteiger partial charge in [-0.25, -0.2) is 0 Å². The van der Waals surface area contributed by atoms with Crippen molar-refractivity contribution in [3.05, 3.63) is 63.6 Å². The summed E-state index contributed by atoms with van der Waals surface area (Å²) in [7, 11) is 0. The van der Waals surface area contributed by atoms with E-state index in [4.69, 9.17) is 23.2 Å². The lowest BCUT2D eigenvalue weighted by Crippen LogP contribution is -2.59. The van der Waals surface area contributed by atoms with Crippen molar-refractivity contribution in [2.24, 2.45) is 0 Å². The van der Waals surface area contributed by atoms with Crippen molar-refractivity contribution in [1.29, 1.82) is 0 Å². The molecule has 0 spiro atoms. The number of piperazine rings is 1. The number of carbonyl (C=O) groups is 2. The molecule has 1 heterocycles. The Kier molecular flexibility index (Phi) is 5.54. The minimum atomic E-state index is -0.0746. The van der Waals surface area contributed by atoms with Crippen LogP contribution in [0, 0.1) is 0 Å². The van der Waals surface area contributed by atoms with Crippen LogP contribution in [-0.4, -0.2) is 42.3 Å². The third-order valence-electron chi connectivity index (χ3n) is 5.04. The van der Waals surface area contributed by atoms with Crippen molar-refractivity contribution in [1.82, 2.24) is 4.90 Å². The van der Waals surface area contributed by atoms with Crippen LogP contribution in [0.2, 0.25) is 10.0 Å². The molecular formula is C20H20Cl2N2O2. The summed E-state index contributed by atoms with van der Waals surface area (Å²) >= 11 is 12.2. The van der Waals surface area contributed by atoms with Gasteiger partial charge < -0.3 is 9.80 Å². The normalized spacial score (nSPS) is 20.2. The maximum absolute atomic E-state index is 12.9. The van der Waals surface area contributed by atoms with Crippen LogP contribution in [0.15, 0.2) is 42.5 Å². The van der Waals surface area contributed by atoms with Gasteiger partial charge in [0.15, 0.2) is 6.29 Å². The molecule has 0 aromatic heterocycles. The summed E-state index contributed by atoms with van der Waals surface area (Å²) in [4.78, 5) is 28.0. The lowest BCUT2D eigenvalue weighted by atomic mass is 10.0. The molecule has 2 aromatic rings. The smallest absolute Gasteiger partial charge is 0.254 e. The topological polar surface area (TPSA) is 40.6 Å². The Morgan fingerprint density at radius 3 is 2.50 bits per heavy atom. The maximum atomic E-state index is 12.9. The van der Waals surface area contributed by atoms with Gasteiger partial charge in [-0.15, -0.1) is 0 Å². The fourth-order valence-electron chi connectivity index (χ4n) is 3.37. The molecule has 3 rings (SSSR count). The van der Waals surface area contributed by atoms with Gasteiger partial charge >= 0.3 is 0 Å². The van der Waals surface area contributed by atoms with Crippen LogP contribution < -0.4 is 4.90 Å². The van der Waals surface area contributed by atoms with Crippen LogP contribution in [0.4, 0.5) is 5.69 Å². The molecule has 1 aliphatic heterocycles. The Labute approximate surface area is 163 Å². The van der Waals surface area contributed by atoms with E-state index in [1.807, 2.05) is 36.1 Å². The first kappa shape index (κ1) is 18.7. The zero-order chi connectivity index (χ0) is 18.8. The lowest BCUT2D eigenvalue weighted by Gasteiger charge is -2.46. The lowest BCUT2D eigenvalue weighted by molar-refractivity contribution is 0.0634. The quantitative estimate of drug-likeness (QED) is 0.721. The first-order chi connectivity index (χ1) is 12.4. The van der Waals surface area contributed by atoms with E-state index in [1.54, 1.807) is 18.2 Å². The van der Waals surface area contributed by atoms with E-state index >= 15 is 0 Å².